The second kappa shape index (κ2) is 4.36. The summed E-state index contributed by atoms with van der Waals surface area (Å²) >= 11 is 0. The van der Waals surface area contributed by atoms with Crippen molar-refractivity contribution in [3.8, 4) is 0 Å². The van der Waals surface area contributed by atoms with Gasteiger partial charge in [-0.1, -0.05) is 0 Å². The molecule has 0 bridgehead atoms. The van der Waals surface area contributed by atoms with Gasteiger partial charge in [-0.2, -0.15) is 5.10 Å². The predicted molar refractivity (Wildman–Crippen MR) is 62.1 cm³/mol. The van der Waals surface area contributed by atoms with Crippen molar-refractivity contribution in [3.05, 3.63) is 11.8 Å². The summed E-state index contributed by atoms with van der Waals surface area (Å²) in [6.07, 6.45) is 1.27. The van der Waals surface area contributed by atoms with Gasteiger partial charge in [-0.05, 0) is 12.8 Å². The van der Waals surface area contributed by atoms with Crippen LogP contribution in [0.2, 0.25) is 0 Å². The van der Waals surface area contributed by atoms with E-state index in [9.17, 15) is 13.2 Å². The first kappa shape index (κ1) is 11.9. The summed E-state index contributed by atoms with van der Waals surface area (Å²) in [5, 5.41) is 8.18. The molecule has 17 heavy (non-hydrogen) atoms. The number of aromatic nitrogens is 2. The van der Waals surface area contributed by atoms with Gasteiger partial charge >= 0.3 is 0 Å². The summed E-state index contributed by atoms with van der Waals surface area (Å²) in [5.74, 6) is 0.0461. The van der Waals surface area contributed by atoms with Crippen LogP contribution >= 0.6 is 0 Å². The Morgan fingerprint density at radius 3 is 2.94 bits per heavy atom. The molecule has 2 rings (SSSR count). The molecule has 0 spiro atoms. The molecular formula is C9H14N4O3S. The van der Waals surface area contributed by atoms with Crippen molar-refractivity contribution in [1.29, 1.82) is 0 Å². The third kappa shape index (κ3) is 2.57. The van der Waals surface area contributed by atoms with Crippen LogP contribution in [0.25, 0.3) is 0 Å². The van der Waals surface area contributed by atoms with Gasteiger partial charge in [0.25, 0.3) is 5.91 Å². The number of anilines is 1. The Morgan fingerprint density at radius 1 is 1.65 bits per heavy atom. The Kier molecular flexibility index (Phi) is 3.05. The SMILES string of the molecule is Nc1cc(C(=O)NCC2CCCS2(=O)=O)[nH]n1. The Hall–Kier alpha value is -1.57. The van der Waals surface area contributed by atoms with Crippen LogP contribution in [0, 0.1) is 0 Å². The second-order valence-corrected chi connectivity index (χ2v) is 6.45. The van der Waals surface area contributed by atoms with Crippen molar-refractivity contribution >= 4 is 21.6 Å². The van der Waals surface area contributed by atoms with Gasteiger partial charge in [-0.15, -0.1) is 0 Å². The first-order valence-corrected chi connectivity index (χ1v) is 7.01. The van der Waals surface area contributed by atoms with Crippen LogP contribution in [-0.4, -0.2) is 42.1 Å². The number of aromatic amines is 1. The van der Waals surface area contributed by atoms with Crippen LogP contribution in [-0.2, 0) is 9.84 Å². The van der Waals surface area contributed by atoms with Gasteiger partial charge in [0.2, 0.25) is 0 Å². The topological polar surface area (TPSA) is 118 Å². The molecule has 94 valence electrons. The van der Waals surface area contributed by atoms with Gasteiger partial charge in [-0.25, -0.2) is 8.42 Å². The Labute approximate surface area is 98.7 Å². The van der Waals surface area contributed by atoms with Crippen molar-refractivity contribution < 1.29 is 13.2 Å². The van der Waals surface area contributed by atoms with Crippen LogP contribution in [0.4, 0.5) is 5.82 Å². The second-order valence-electron chi connectivity index (χ2n) is 4.05. The fourth-order valence-corrected chi connectivity index (χ4v) is 3.61. The highest BCUT2D eigenvalue weighted by Crippen LogP contribution is 2.19. The Morgan fingerprint density at radius 2 is 2.41 bits per heavy atom. The van der Waals surface area contributed by atoms with E-state index < -0.39 is 21.0 Å². The number of hydrogen-bond acceptors (Lipinski definition) is 5. The third-order valence-corrected chi connectivity index (χ3v) is 5.07. The zero-order valence-electron chi connectivity index (χ0n) is 9.14. The van der Waals surface area contributed by atoms with Crippen LogP contribution in [0.1, 0.15) is 23.3 Å². The van der Waals surface area contributed by atoms with E-state index in [0.717, 1.165) is 0 Å². The van der Waals surface area contributed by atoms with Crippen LogP contribution in [0.5, 0.6) is 0 Å². The van der Waals surface area contributed by atoms with E-state index in [1.807, 2.05) is 0 Å². The summed E-state index contributed by atoms with van der Waals surface area (Å²) in [6, 6.07) is 1.40. The van der Waals surface area contributed by atoms with Gasteiger partial charge in [0, 0.05) is 12.6 Å². The number of rotatable bonds is 3. The molecule has 1 aromatic heterocycles. The van der Waals surface area contributed by atoms with Crippen molar-refractivity contribution in [1.82, 2.24) is 15.5 Å². The standard InChI is InChI=1S/C9H14N4O3S/c10-8-4-7(12-13-8)9(14)11-5-6-2-1-3-17(6,15)16/h4,6H,1-3,5H2,(H,11,14)(H3,10,12,13). The fourth-order valence-electron chi connectivity index (χ4n) is 1.84. The third-order valence-electron chi connectivity index (χ3n) is 2.80. The van der Waals surface area contributed by atoms with E-state index in [1.54, 1.807) is 0 Å². The largest absolute Gasteiger partial charge is 0.382 e. The molecule has 1 saturated heterocycles. The molecule has 1 unspecified atom stereocenters. The van der Waals surface area contributed by atoms with Gasteiger partial charge in [-0.3, -0.25) is 9.89 Å². The normalized spacial score (nSPS) is 22.5. The number of hydrogen-bond donors (Lipinski definition) is 3. The molecule has 0 aromatic carbocycles. The zero-order chi connectivity index (χ0) is 12.5. The van der Waals surface area contributed by atoms with Gasteiger partial charge < -0.3 is 11.1 Å². The lowest BCUT2D eigenvalue weighted by molar-refractivity contribution is 0.0948. The zero-order valence-corrected chi connectivity index (χ0v) is 9.96. The number of carbonyl (C=O) groups excluding carboxylic acids is 1. The molecule has 0 saturated carbocycles. The molecule has 1 aromatic rings. The van der Waals surface area contributed by atoms with Crippen molar-refractivity contribution in [2.45, 2.75) is 18.1 Å². The van der Waals surface area contributed by atoms with Crippen molar-refractivity contribution in [2.75, 3.05) is 18.0 Å². The lowest BCUT2D eigenvalue weighted by Gasteiger charge is -2.09. The van der Waals surface area contributed by atoms with E-state index in [1.165, 1.54) is 6.07 Å². The molecule has 1 aliphatic rings. The number of sulfone groups is 1. The fraction of sp³-hybridized carbons (Fsp3) is 0.556. The molecule has 8 heteroatoms. The maximum atomic E-state index is 11.6. The molecule has 1 fully saturated rings. The number of nitrogens with two attached hydrogens (primary N) is 1. The lowest BCUT2D eigenvalue weighted by Crippen LogP contribution is -2.34. The summed E-state index contributed by atoms with van der Waals surface area (Å²) in [5.41, 5.74) is 5.59. The van der Waals surface area contributed by atoms with Gasteiger partial charge in [0.1, 0.15) is 11.5 Å². The summed E-state index contributed by atoms with van der Waals surface area (Å²) < 4.78 is 23.0. The number of nitrogen functional groups attached to an aromatic ring is 1. The van der Waals surface area contributed by atoms with E-state index in [4.69, 9.17) is 5.73 Å². The monoisotopic (exact) mass is 258 g/mol. The first-order valence-electron chi connectivity index (χ1n) is 5.30. The maximum absolute atomic E-state index is 11.6. The Bertz CT molecular complexity index is 522. The molecule has 1 aliphatic heterocycles. The maximum Gasteiger partial charge on any atom is 0.269 e. The molecule has 1 amide bonds. The number of nitrogens with zero attached hydrogens (tertiary/aromatic N) is 1. The predicted octanol–water partition coefficient (Wildman–Crippen LogP) is -0.701. The van der Waals surface area contributed by atoms with Crippen LogP contribution < -0.4 is 11.1 Å². The van der Waals surface area contributed by atoms with E-state index in [2.05, 4.69) is 15.5 Å². The molecule has 0 radical (unpaired) electrons. The lowest BCUT2D eigenvalue weighted by atomic mass is 10.2. The van der Waals surface area contributed by atoms with Gasteiger partial charge in [0.05, 0.1) is 11.0 Å². The molecule has 7 nitrogen and oxygen atoms in total. The highest BCUT2D eigenvalue weighted by molar-refractivity contribution is 7.92. The highest BCUT2D eigenvalue weighted by atomic mass is 32.2. The van der Waals surface area contributed by atoms with E-state index >= 15 is 0 Å². The molecule has 2 heterocycles. The molecular weight excluding hydrogens is 244 g/mol. The molecule has 4 N–H and O–H groups in total. The van der Waals surface area contributed by atoms with Crippen LogP contribution in [0.15, 0.2) is 6.07 Å². The smallest absolute Gasteiger partial charge is 0.269 e. The minimum atomic E-state index is -3.02. The van der Waals surface area contributed by atoms with Crippen molar-refractivity contribution in [3.63, 3.8) is 0 Å². The van der Waals surface area contributed by atoms with Gasteiger partial charge in [0.15, 0.2) is 9.84 Å². The van der Waals surface area contributed by atoms with Crippen molar-refractivity contribution in [2.24, 2.45) is 0 Å². The minimum absolute atomic E-state index is 0.139. The summed E-state index contributed by atoms with van der Waals surface area (Å²) in [7, 11) is -3.02. The quantitative estimate of drug-likeness (QED) is 0.662. The number of amides is 1. The highest BCUT2D eigenvalue weighted by Gasteiger charge is 2.31. The number of H-pyrrole nitrogens is 1. The van der Waals surface area contributed by atoms with Crippen LogP contribution in [0.3, 0.4) is 0 Å². The average Bonchev–Trinajstić information content (AvgIpc) is 2.81. The summed E-state index contributed by atoms with van der Waals surface area (Å²) in [6.45, 7) is 0.139. The average molecular weight is 258 g/mol. The molecule has 0 aliphatic carbocycles. The number of carbonyl (C=O) groups is 1. The number of nitrogens with one attached hydrogen (secondary N) is 2. The van der Waals surface area contributed by atoms with E-state index in [-0.39, 0.29) is 23.8 Å². The molecule has 1 atom stereocenters. The first-order chi connectivity index (χ1) is 7.99. The summed E-state index contributed by atoms with van der Waals surface area (Å²) in [4.78, 5) is 11.6. The minimum Gasteiger partial charge on any atom is -0.382 e. The Balaban J connectivity index is 1.93. The van der Waals surface area contributed by atoms with E-state index in [0.29, 0.717) is 12.8 Å².